The van der Waals surface area contributed by atoms with Crippen molar-refractivity contribution in [1.82, 2.24) is 24.9 Å². The highest BCUT2D eigenvalue weighted by Gasteiger charge is 2.21. The van der Waals surface area contributed by atoms with Gasteiger partial charge in [0.05, 0.1) is 18.8 Å². The van der Waals surface area contributed by atoms with Crippen molar-refractivity contribution in [1.29, 1.82) is 0 Å². The van der Waals surface area contributed by atoms with Gasteiger partial charge in [0.1, 0.15) is 6.61 Å². The van der Waals surface area contributed by atoms with Crippen molar-refractivity contribution in [3.05, 3.63) is 54.4 Å². The molecule has 0 bridgehead atoms. The third-order valence-electron chi connectivity index (χ3n) is 5.92. The fourth-order valence-corrected chi connectivity index (χ4v) is 3.84. The number of ether oxygens (including phenoxy) is 2. The van der Waals surface area contributed by atoms with Gasteiger partial charge in [0.25, 0.3) is 5.89 Å². The first-order valence-electron chi connectivity index (χ1n) is 12.2. The van der Waals surface area contributed by atoms with Crippen LogP contribution in [0.4, 0.5) is 0 Å². The number of nitrogens with zero attached hydrogens (tertiary/aromatic N) is 5. The lowest BCUT2D eigenvalue weighted by atomic mass is 10.1. The number of carbonyl (C=O) groups excluding carboxylic acids is 1. The van der Waals surface area contributed by atoms with Gasteiger partial charge in [-0.05, 0) is 24.1 Å². The second-order valence-electron chi connectivity index (χ2n) is 8.54. The van der Waals surface area contributed by atoms with Gasteiger partial charge < -0.3 is 18.9 Å². The predicted octanol–water partition coefficient (Wildman–Crippen LogP) is 3.28. The van der Waals surface area contributed by atoms with E-state index in [1.165, 1.54) is 5.56 Å². The number of hydrogen-bond acceptors (Lipinski definition) is 8. The number of amides is 1. The fourth-order valence-electron chi connectivity index (χ4n) is 3.84. The largest absolute Gasteiger partial charge is 0.379 e. The molecule has 9 heteroatoms. The van der Waals surface area contributed by atoms with Gasteiger partial charge in [0.15, 0.2) is 0 Å². The van der Waals surface area contributed by atoms with E-state index >= 15 is 0 Å². The van der Waals surface area contributed by atoms with E-state index in [4.69, 9.17) is 14.0 Å². The van der Waals surface area contributed by atoms with Crippen molar-refractivity contribution >= 4 is 5.91 Å². The SMILES string of the molecule is CCCCOCCOCC(=O)N1CCN(Cc2ccc(-c3noc(-c4cccnc4)n3)cc2)CC1. The van der Waals surface area contributed by atoms with E-state index in [1.807, 2.05) is 29.2 Å². The summed E-state index contributed by atoms with van der Waals surface area (Å²) in [6, 6.07) is 11.9. The summed E-state index contributed by atoms with van der Waals surface area (Å²) in [5.74, 6) is 1.06. The molecule has 0 N–H and O–H groups in total. The Hall–Kier alpha value is -3.14. The summed E-state index contributed by atoms with van der Waals surface area (Å²) in [6.07, 6.45) is 5.58. The maximum Gasteiger partial charge on any atom is 0.259 e. The summed E-state index contributed by atoms with van der Waals surface area (Å²) in [6.45, 7) is 7.95. The van der Waals surface area contributed by atoms with E-state index in [2.05, 4.69) is 39.1 Å². The molecule has 3 aromatic rings. The standard InChI is InChI=1S/C26H33N5O4/c1-2-3-15-33-16-17-34-20-24(32)31-13-11-30(12-14-31)19-21-6-8-22(9-7-21)25-28-26(35-29-25)23-5-4-10-27-18-23/h4-10,18H,2-3,11-17,19-20H2,1H3. The van der Waals surface area contributed by atoms with Crippen LogP contribution in [-0.4, -0.2) is 83.4 Å². The van der Waals surface area contributed by atoms with Gasteiger partial charge in [-0.25, -0.2) is 0 Å². The van der Waals surface area contributed by atoms with Crippen LogP contribution in [0.25, 0.3) is 22.8 Å². The van der Waals surface area contributed by atoms with Crippen LogP contribution in [-0.2, 0) is 20.8 Å². The maximum absolute atomic E-state index is 12.4. The molecule has 0 aliphatic carbocycles. The van der Waals surface area contributed by atoms with E-state index in [1.54, 1.807) is 12.4 Å². The van der Waals surface area contributed by atoms with Crippen molar-refractivity contribution in [2.75, 3.05) is 52.6 Å². The first kappa shape index (κ1) is 25.0. The zero-order valence-electron chi connectivity index (χ0n) is 20.3. The monoisotopic (exact) mass is 479 g/mol. The van der Waals surface area contributed by atoms with Crippen molar-refractivity contribution in [3.63, 3.8) is 0 Å². The van der Waals surface area contributed by atoms with E-state index in [-0.39, 0.29) is 12.5 Å². The van der Waals surface area contributed by atoms with Crippen LogP contribution in [0.3, 0.4) is 0 Å². The number of aromatic nitrogens is 3. The zero-order chi connectivity index (χ0) is 24.3. The number of carbonyl (C=O) groups is 1. The second-order valence-corrected chi connectivity index (χ2v) is 8.54. The Morgan fingerprint density at radius 1 is 1.00 bits per heavy atom. The van der Waals surface area contributed by atoms with Crippen LogP contribution in [0.2, 0.25) is 0 Å². The predicted molar refractivity (Wildman–Crippen MR) is 131 cm³/mol. The Bertz CT molecular complexity index is 1030. The molecule has 1 amide bonds. The van der Waals surface area contributed by atoms with Crippen molar-refractivity contribution < 1.29 is 18.8 Å². The first-order chi connectivity index (χ1) is 17.2. The molecule has 0 spiro atoms. The maximum atomic E-state index is 12.4. The highest BCUT2D eigenvalue weighted by molar-refractivity contribution is 5.77. The molecule has 0 radical (unpaired) electrons. The molecule has 9 nitrogen and oxygen atoms in total. The van der Waals surface area contributed by atoms with Crippen molar-refractivity contribution in [2.24, 2.45) is 0 Å². The van der Waals surface area contributed by atoms with Gasteiger partial charge in [0, 0.05) is 57.3 Å². The molecule has 2 aromatic heterocycles. The van der Waals surface area contributed by atoms with Gasteiger partial charge in [-0.2, -0.15) is 4.98 Å². The van der Waals surface area contributed by atoms with Gasteiger partial charge in [-0.1, -0.05) is 42.8 Å². The molecule has 3 heterocycles. The van der Waals surface area contributed by atoms with Gasteiger partial charge in [0.2, 0.25) is 11.7 Å². The Labute approximate surface area is 206 Å². The molecule has 0 unspecified atom stereocenters. The smallest absolute Gasteiger partial charge is 0.259 e. The third kappa shape index (κ3) is 7.42. The lowest BCUT2D eigenvalue weighted by molar-refractivity contribution is -0.138. The topological polar surface area (TPSA) is 93.8 Å². The molecule has 1 fully saturated rings. The molecular weight excluding hydrogens is 446 g/mol. The minimum atomic E-state index is 0.0494. The highest BCUT2D eigenvalue weighted by Crippen LogP contribution is 2.22. The highest BCUT2D eigenvalue weighted by atomic mass is 16.5. The average Bonchev–Trinajstić information content (AvgIpc) is 3.40. The van der Waals surface area contributed by atoms with E-state index in [0.29, 0.717) is 38.0 Å². The quantitative estimate of drug-likeness (QED) is 0.366. The molecule has 4 rings (SSSR count). The number of rotatable bonds is 12. The van der Waals surface area contributed by atoms with Crippen LogP contribution in [0.1, 0.15) is 25.3 Å². The average molecular weight is 480 g/mol. The lowest BCUT2D eigenvalue weighted by Gasteiger charge is -2.34. The minimum Gasteiger partial charge on any atom is -0.379 e. The Balaban J connectivity index is 1.18. The molecule has 1 aliphatic rings. The number of unbranched alkanes of at least 4 members (excludes halogenated alkanes) is 1. The fraction of sp³-hybridized carbons (Fsp3) is 0.462. The number of hydrogen-bond donors (Lipinski definition) is 0. The van der Waals surface area contributed by atoms with Crippen LogP contribution < -0.4 is 0 Å². The third-order valence-corrected chi connectivity index (χ3v) is 5.92. The van der Waals surface area contributed by atoms with Crippen molar-refractivity contribution in [3.8, 4) is 22.8 Å². The first-order valence-corrected chi connectivity index (χ1v) is 12.2. The number of benzene rings is 1. The second kappa shape index (κ2) is 13.1. The molecule has 0 saturated carbocycles. The van der Waals surface area contributed by atoms with E-state index in [0.717, 1.165) is 50.2 Å². The Morgan fingerprint density at radius 2 is 1.80 bits per heavy atom. The molecule has 1 aliphatic heterocycles. The number of piperazine rings is 1. The van der Waals surface area contributed by atoms with Crippen LogP contribution >= 0.6 is 0 Å². The summed E-state index contributed by atoms with van der Waals surface area (Å²) >= 11 is 0. The van der Waals surface area contributed by atoms with Crippen molar-refractivity contribution in [2.45, 2.75) is 26.3 Å². The summed E-state index contributed by atoms with van der Waals surface area (Å²) in [4.78, 5) is 25.2. The summed E-state index contributed by atoms with van der Waals surface area (Å²) in [5.41, 5.74) is 2.90. The van der Waals surface area contributed by atoms with E-state index in [9.17, 15) is 4.79 Å². The zero-order valence-corrected chi connectivity index (χ0v) is 20.3. The van der Waals surface area contributed by atoms with Crippen LogP contribution in [0.5, 0.6) is 0 Å². The summed E-state index contributed by atoms with van der Waals surface area (Å²) in [5, 5.41) is 4.10. The summed E-state index contributed by atoms with van der Waals surface area (Å²) < 4.78 is 16.3. The van der Waals surface area contributed by atoms with Gasteiger partial charge in [-0.3, -0.25) is 14.7 Å². The Kier molecular flexibility index (Phi) is 9.33. The van der Waals surface area contributed by atoms with Crippen LogP contribution in [0, 0.1) is 0 Å². The van der Waals surface area contributed by atoms with Crippen LogP contribution in [0.15, 0.2) is 53.3 Å². The molecule has 0 atom stereocenters. The van der Waals surface area contributed by atoms with Gasteiger partial charge >= 0.3 is 0 Å². The minimum absolute atomic E-state index is 0.0494. The molecule has 1 saturated heterocycles. The summed E-state index contributed by atoms with van der Waals surface area (Å²) in [7, 11) is 0. The van der Waals surface area contributed by atoms with E-state index < -0.39 is 0 Å². The molecule has 35 heavy (non-hydrogen) atoms. The Morgan fingerprint density at radius 3 is 2.54 bits per heavy atom. The molecular formula is C26H33N5O4. The molecule has 1 aromatic carbocycles. The number of pyridine rings is 1. The molecule has 186 valence electrons. The van der Waals surface area contributed by atoms with Gasteiger partial charge in [-0.15, -0.1) is 0 Å². The normalized spacial score (nSPS) is 14.4. The lowest BCUT2D eigenvalue weighted by Crippen LogP contribution is -2.49.